The summed E-state index contributed by atoms with van der Waals surface area (Å²) in [6.07, 6.45) is 17.0. The van der Waals surface area contributed by atoms with Gasteiger partial charge in [0.15, 0.2) is 0 Å². The number of carbonyl (C=O) groups is 1. The standard InChI is InChI=1S/C36H53N3O3/c1-5-8-10-11-12-13-14-15-16-17-18-23-34(40)38(28-9-6-2)33(7-3)35-37-32-22-20-19-21-31(32)36(41)39(35)29-24-26-30(42-4)27-25-29/h19-22,24-27,33H,5-18,23,28H2,1-4H3/t33-/m1/s1. The van der Waals surface area contributed by atoms with Gasteiger partial charge in [0.1, 0.15) is 11.6 Å². The molecule has 0 unspecified atom stereocenters. The lowest BCUT2D eigenvalue weighted by Gasteiger charge is -2.32. The van der Waals surface area contributed by atoms with E-state index in [2.05, 4.69) is 20.8 Å². The van der Waals surface area contributed by atoms with Gasteiger partial charge in [-0.05, 0) is 55.7 Å². The van der Waals surface area contributed by atoms with Crippen LogP contribution in [0.15, 0.2) is 53.3 Å². The molecular weight excluding hydrogens is 522 g/mol. The monoisotopic (exact) mass is 575 g/mol. The summed E-state index contributed by atoms with van der Waals surface area (Å²) in [6.45, 7) is 7.16. The maximum absolute atomic E-state index is 13.9. The predicted octanol–water partition coefficient (Wildman–Crippen LogP) is 9.18. The SMILES string of the molecule is CCCCCCCCCCCCCC(=O)N(CCCC)[C@H](CC)c1nc2ccccc2c(=O)n1-c1ccc(OC)cc1. The number of carbonyl (C=O) groups excluding carboxylic acids is 1. The van der Waals surface area contributed by atoms with E-state index in [9.17, 15) is 9.59 Å². The number of para-hydroxylation sites is 1. The van der Waals surface area contributed by atoms with Crippen LogP contribution >= 0.6 is 0 Å². The highest BCUT2D eigenvalue weighted by Gasteiger charge is 2.28. The van der Waals surface area contributed by atoms with Crippen LogP contribution in [0.3, 0.4) is 0 Å². The maximum Gasteiger partial charge on any atom is 0.266 e. The lowest BCUT2D eigenvalue weighted by Crippen LogP contribution is -2.39. The van der Waals surface area contributed by atoms with E-state index in [0.29, 0.717) is 36.1 Å². The molecule has 1 heterocycles. The normalized spacial score (nSPS) is 12.0. The second kappa shape index (κ2) is 18.4. The maximum atomic E-state index is 13.9. The minimum atomic E-state index is -0.295. The Morgan fingerprint density at radius 3 is 2.00 bits per heavy atom. The highest BCUT2D eigenvalue weighted by Crippen LogP contribution is 2.28. The van der Waals surface area contributed by atoms with Crippen molar-refractivity contribution >= 4 is 16.8 Å². The third kappa shape index (κ3) is 9.43. The average Bonchev–Trinajstić information content (AvgIpc) is 3.02. The van der Waals surface area contributed by atoms with Gasteiger partial charge < -0.3 is 9.64 Å². The summed E-state index contributed by atoms with van der Waals surface area (Å²) in [6, 6.07) is 14.7. The van der Waals surface area contributed by atoms with Crippen molar-refractivity contribution in [2.24, 2.45) is 0 Å². The third-order valence-electron chi connectivity index (χ3n) is 8.26. The molecule has 0 radical (unpaired) electrons. The lowest BCUT2D eigenvalue weighted by atomic mass is 10.0. The molecule has 0 N–H and O–H groups in total. The first-order valence-corrected chi connectivity index (χ1v) is 16.5. The van der Waals surface area contributed by atoms with Crippen LogP contribution in [0.1, 0.15) is 129 Å². The van der Waals surface area contributed by atoms with E-state index in [0.717, 1.165) is 37.1 Å². The number of amides is 1. The fraction of sp³-hybridized carbons (Fsp3) is 0.583. The van der Waals surface area contributed by atoms with Crippen molar-refractivity contribution in [3.05, 3.63) is 64.7 Å². The molecule has 3 rings (SSSR count). The minimum absolute atomic E-state index is 0.118. The molecule has 0 aliphatic heterocycles. The quantitative estimate of drug-likeness (QED) is 0.126. The Hall–Kier alpha value is -3.15. The Balaban J connectivity index is 1.77. The molecule has 6 heteroatoms. The van der Waals surface area contributed by atoms with E-state index in [1.54, 1.807) is 11.7 Å². The Morgan fingerprint density at radius 1 is 0.810 bits per heavy atom. The van der Waals surface area contributed by atoms with Gasteiger partial charge in [-0.2, -0.15) is 0 Å². The van der Waals surface area contributed by atoms with Crippen LogP contribution in [0.5, 0.6) is 5.75 Å². The highest BCUT2D eigenvalue weighted by atomic mass is 16.5. The molecule has 0 saturated carbocycles. The van der Waals surface area contributed by atoms with Gasteiger partial charge in [0.05, 0.1) is 29.7 Å². The van der Waals surface area contributed by atoms with E-state index >= 15 is 0 Å². The Kier molecular flexibility index (Phi) is 14.6. The van der Waals surface area contributed by atoms with Crippen molar-refractivity contribution in [2.45, 2.75) is 123 Å². The molecular formula is C36H53N3O3. The summed E-state index contributed by atoms with van der Waals surface area (Å²) in [5.74, 6) is 1.51. The van der Waals surface area contributed by atoms with Gasteiger partial charge >= 0.3 is 0 Å². The molecule has 6 nitrogen and oxygen atoms in total. The molecule has 1 aromatic heterocycles. The van der Waals surface area contributed by atoms with Crippen LogP contribution in [0.2, 0.25) is 0 Å². The molecule has 0 fully saturated rings. The Labute approximate surface area is 253 Å². The topological polar surface area (TPSA) is 64.4 Å². The van der Waals surface area contributed by atoms with Gasteiger partial charge in [-0.1, -0.05) is 104 Å². The summed E-state index contributed by atoms with van der Waals surface area (Å²) < 4.78 is 7.05. The Morgan fingerprint density at radius 2 is 1.40 bits per heavy atom. The number of rotatable bonds is 20. The highest BCUT2D eigenvalue weighted by molar-refractivity contribution is 5.79. The van der Waals surface area contributed by atoms with Gasteiger partial charge in [-0.25, -0.2) is 4.98 Å². The van der Waals surface area contributed by atoms with Crippen LogP contribution in [-0.4, -0.2) is 34.0 Å². The molecule has 0 spiro atoms. The van der Waals surface area contributed by atoms with Crippen molar-refractivity contribution in [2.75, 3.05) is 13.7 Å². The molecule has 2 aromatic carbocycles. The number of hydrogen-bond donors (Lipinski definition) is 0. The number of aromatic nitrogens is 2. The minimum Gasteiger partial charge on any atom is -0.497 e. The summed E-state index contributed by atoms with van der Waals surface area (Å²) in [7, 11) is 1.63. The van der Waals surface area contributed by atoms with Crippen molar-refractivity contribution in [1.29, 1.82) is 0 Å². The third-order valence-corrected chi connectivity index (χ3v) is 8.26. The van der Waals surface area contributed by atoms with Gasteiger partial charge in [-0.3, -0.25) is 14.2 Å². The second-order valence-corrected chi connectivity index (χ2v) is 11.5. The molecule has 0 saturated heterocycles. The predicted molar refractivity (Wildman–Crippen MR) is 175 cm³/mol. The molecule has 1 amide bonds. The van der Waals surface area contributed by atoms with Gasteiger partial charge in [0, 0.05) is 13.0 Å². The lowest BCUT2D eigenvalue weighted by molar-refractivity contribution is -0.134. The van der Waals surface area contributed by atoms with Crippen LogP contribution in [0, 0.1) is 0 Å². The molecule has 230 valence electrons. The zero-order chi connectivity index (χ0) is 30.2. The number of ether oxygens (including phenoxy) is 1. The van der Waals surface area contributed by atoms with Gasteiger partial charge in [0.2, 0.25) is 5.91 Å². The van der Waals surface area contributed by atoms with Gasteiger partial charge in [0.25, 0.3) is 5.56 Å². The van der Waals surface area contributed by atoms with Crippen LogP contribution < -0.4 is 10.3 Å². The summed E-state index contributed by atoms with van der Waals surface area (Å²) >= 11 is 0. The fourth-order valence-corrected chi connectivity index (χ4v) is 5.76. The van der Waals surface area contributed by atoms with Crippen molar-refractivity contribution < 1.29 is 9.53 Å². The number of fused-ring (bicyclic) bond motifs is 1. The molecule has 1 atom stereocenters. The summed E-state index contributed by atoms with van der Waals surface area (Å²) in [5.41, 5.74) is 1.27. The first-order chi connectivity index (χ1) is 20.5. The average molecular weight is 576 g/mol. The van der Waals surface area contributed by atoms with E-state index in [1.165, 1.54) is 57.8 Å². The fourth-order valence-electron chi connectivity index (χ4n) is 5.76. The molecule has 42 heavy (non-hydrogen) atoms. The number of benzene rings is 2. The van der Waals surface area contributed by atoms with Crippen LogP contribution in [-0.2, 0) is 4.79 Å². The first kappa shape index (κ1) is 33.4. The molecule has 0 aliphatic carbocycles. The summed E-state index contributed by atoms with van der Waals surface area (Å²) in [4.78, 5) is 34.7. The second-order valence-electron chi connectivity index (χ2n) is 11.5. The summed E-state index contributed by atoms with van der Waals surface area (Å²) in [5, 5.41) is 0.569. The van der Waals surface area contributed by atoms with Crippen molar-refractivity contribution in [1.82, 2.24) is 14.5 Å². The van der Waals surface area contributed by atoms with E-state index in [1.807, 2.05) is 53.4 Å². The van der Waals surface area contributed by atoms with Gasteiger partial charge in [-0.15, -0.1) is 0 Å². The largest absolute Gasteiger partial charge is 0.497 e. The Bertz CT molecular complexity index is 1270. The van der Waals surface area contributed by atoms with Crippen molar-refractivity contribution in [3.8, 4) is 11.4 Å². The molecule has 0 bridgehead atoms. The number of methoxy groups -OCH3 is 1. The number of unbranched alkanes of at least 4 members (excludes halogenated alkanes) is 11. The molecule has 3 aromatic rings. The van der Waals surface area contributed by atoms with Crippen LogP contribution in [0.25, 0.3) is 16.6 Å². The van der Waals surface area contributed by atoms with E-state index in [4.69, 9.17) is 9.72 Å². The van der Waals surface area contributed by atoms with E-state index < -0.39 is 0 Å². The molecule has 0 aliphatic rings. The number of nitrogens with zero attached hydrogens (tertiary/aromatic N) is 3. The zero-order valence-corrected chi connectivity index (χ0v) is 26.6. The van der Waals surface area contributed by atoms with Crippen molar-refractivity contribution in [3.63, 3.8) is 0 Å². The number of hydrogen-bond acceptors (Lipinski definition) is 4. The van der Waals surface area contributed by atoms with E-state index in [-0.39, 0.29) is 17.5 Å². The van der Waals surface area contributed by atoms with Crippen LogP contribution in [0.4, 0.5) is 0 Å². The first-order valence-electron chi connectivity index (χ1n) is 16.5. The zero-order valence-electron chi connectivity index (χ0n) is 26.6. The smallest absolute Gasteiger partial charge is 0.266 e.